The van der Waals surface area contributed by atoms with Gasteiger partial charge >= 0.3 is 0 Å². The van der Waals surface area contributed by atoms with E-state index in [1.165, 1.54) is 39.0 Å². The van der Waals surface area contributed by atoms with Crippen LogP contribution in [0, 0.1) is 0 Å². The lowest BCUT2D eigenvalue weighted by Crippen LogP contribution is -2.38. The van der Waals surface area contributed by atoms with Crippen LogP contribution in [0.1, 0.15) is 33.1 Å². The summed E-state index contributed by atoms with van der Waals surface area (Å²) in [6.45, 7) is 10.8. The largest absolute Gasteiger partial charge is 0.302 e. The molecule has 0 aliphatic carbocycles. The van der Waals surface area contributed by atoms with Gasteiger partial charge in [-0.15, -0.1) is 11.6 Å². The minimum Gasteiger partial charge on any atom is -0.302 e. The average Bonchev–Trinajstić information content (AvgIpc) is 2.70. The summed E-state index contributed by atoms with van der Waals surface area (Å²) in [4.78, 5) is 5.12. The Hall–Kier alpha value is 0.210. The Bertz CT molecular complexity index is 156. The predicted molar refractivity (Wildman–Crippen MR) is 67.7 cm³/mol. The van der Waals surface area contributed by atoms with Crippen molar-refractivity contribution in [2.24, 2.45) is 0 Å². The highest BCUT2D eigenvalue weighted by atomic mass is 35.5. The molecule has 0 aromatic rings. The van der Waals surface area contributed by atoms with Gasteiger partial charge in [0.2, 0.25) is 0 Å². The van der Waals surface area contributed by atoms with Gasteiger partial charge in [0, 0.05) is 25.0 Å². The summed E-state index contributed by atoms with van der Waals surface area (Å²) < 4.78 is 0. The molecule has 0 bridgehead atoms. The summed E-state index contributed by atoms with van der Waals surface area (Å²) >= 11 is 5.74. The third-order valence-electron chi connectivity index (χ3n) is 3.21. The van der Waals surface area contributed by atoms with Crippen LogP contribution in [0.25, 0.3) is 0 Å². The molecule has 0 aromatic carbocycles. The van der Waals surface area contributed by atoms with Crippen molar-refractivity contribution in [3.05, 3.63) is 0 Å². The first-order valence-corrected chi connectivity index (χ1v) is 6.80. The van der Waals surface area contributed by atoms with Gasteiger partial charge in [-0.2, -0.15) is 0 Å². The van der Waals surface area contributed by atoms with Crippen molar-refractivity contribution in [3.8, 4) is 0 Å². The first-order valence-electron chi connectivity index (χ1n) is 6.26. The van der Waals surface area contributed by atoms with E-state index in [9.17, 15) is 0 Å². The molecule has 1 aliphatic rings. The van der Waals surface area contributed by atoms with Gasteiger partial charge in [0.05, 0.1) is 0 Å². The highest BCUT2D eigenvalue weighted by Crippen LogP contribution is 2.08. The van der Waals surface area contributed by atoms with Crippen LogP contribution < -0.4 is 0 Å². The Kier molecular flexibility index (Phi) is 6.62. The molecule has 3 heteroatoms. The molecular formula is C12H25ClN2. The van der Waals surface area contributed by atoms with Crippen molar-refractivity contribution < 1.29 is 0 Å². The van der Waals surface area contributed by atoms with E-state index >= 15 is 0 Å². The molecule has 15 heavy (non-hydrogen) atoms. The lowest BCUT2D eigenvalue weighted by molar-refractivity contribution is 0.189. The maximum Gasteiger partial charge on any atom is 0.0235 e. The van der Waals surface area contributed by atoms with Gasteiger partial charge in [-0.1, -0.05) is 0 Å². The molecule has 1 saturated heterocycles. The smallest absolute Gasteiger partial charge is 0.0235 e. The van der Waals surface area contributed by atoms with Gasteiger partial charge in [0.1, 0.15) is 0 Å². The molecule has 2 nitrogen and oxygen atoms in total. The molecular weight excluding hydrogens is 208 g/mol. The third kappa shape index (κ3) is 5.19. The van der Waals surface area contributed by atoms with Crippen molar-refractivity contribution in [2.75, 3.05) is 38.6 Å². The number of hydrogen-bond donors (Lipinski definition) is 0. The molecule has 0 spiro atoms. The second kappa shape index (κ2) is 7.48. The van der Waals surface area contributed by atoms with E-state index in [0.717, 1.165) is 18.8 Å². The second-order valence-corrected chi connectivity index (χ2v) is 5.10. The summed E-state index contributed by atoms with van der Waals surface area (Å²) in [5, 5.41) is 0. The number of rotatable bonds is 7. The van der Waals surface area contributed by atoms with Crippen LogP contribution in [0.2, 0.25) is 0 Å². The molecule has 0 aromatic heterocycles. The van der Waals surface area contributed by atoms with Crippen LogP contribution in [0.5, 0.6) is 0 Å². The van der Waals surface area contributed by atoms with E-state index in [0.29, 0.717) is 6.04 Å². The molecule has 0 amide bonds. The minimum atomic E-state index is 0.649. The van der Waals surface area contributed by atoms with Crippen molar-refractivity contribution in [1.82, 2.24) is 9.80 Å². The Morgan fingerprint density at radius 3 is 2.40 bits per heavy atom. The van der Waals surface area contributed by atoms with E-state index < -0.39 is 0 Å². The van der Waals surface area contributed by atoms with Gasteiger partial charge in [0.15, 0.2) is 0 Å². The summed E-state index contributed by atoms with van der Waals surface area (Å²) in [5.41, 5.74) is 0. The van der Waals surface area contributed by atoms with E-state index in [1.807, 2.05) is 0 Å². The second-order valence-electron chi connectivity index (χ2n) is 4.72. The normalized spacial score (nSPS) is 18.2. The highest BCUT2D eigenvalue weighted by molar-refractivity contribution is 6.17. The van der Waals surface area contributed by atoms with Gasteiger partial charge in [-0.25, -0.2) is 0 Å². The molecule has 1 aliphatic heterocycles. The molecule has 90 valence electrons. The predicted octanol–water partition coefficient (Wildman–Crippen LogP) is 2.42. The third-order valence-corrected chi connectivity index (χ3v) is 3.48. The van der Waals surface area contributed by atoms with E-state index in [4.69, 9.17) is 11.6 Å². The number of likely N-dealkylation sites (tertiary alicyclic amines) is 1. The van der Waals surface area contributed by atoms with Crippen LogP contribution in [0.3, 0.4) is 0 Å². The standard InChI is InChI=1S/C12H25ClN2/c1-12(2)15(9-5-6-13)11-10-14-7-3-4-8-14/h12H,3-11H2,1-2H3. The van der Waals surface area contributed by atoms with Crippen molar-refractivity contribution in [2.45, 2.75) is 39.2 Å². The summed E-state index contributed by atoms with van der Waals surface area (Å²) in [7, 11) is 0. The average molecular weight is 233 g/mol. The van der Waals surface area contributed by atoms with E-state index in [1.54, 1.807) is 0 Å². The summed E-state index contributed by atoms with van der Waals surface area (Å²) in [6, 6.07) is 0.649. The van der Waals surface area contributed by atoms with Crippen molar-refractivity contribution >= 4 is 11.6 Å². The first-order chi connectivity index (χ1) is 7.24. The Labute approximate surface area is 99.6 Å². The first kappa shape index (κ1) is 13.3. The number of alkyl halides is 1. The number of hydrogen-bond acceptors (Lipinski definition) is 2. The van der Waals surface area contributed by atoms with E-state index in [-0.39, 0.29) is 0 Å². The summed E-state index contributed by atoms with van der Waals surface area (Å²) in [6.07, 6.45) is 3.90. The quantitative estimate of drug-likeness (QED) is 0.623. The monoisotopic (exact) mass is 232 g/mol. The molecule has 1 fully saturated rings. The van der Waals surface area contributed by atoms with Crippen LogP contribution in [0.4, 0.5) is 0 Å². The SMILES string of the molecule is CC(C)N(CCCCl)CCN1CCCC1. The minimum absolute atomic E-state index is 0.649. The van der Waals surface area contributed by atoms with Crippen molar-refractivity contribution in [3.63, 3.8) is 0 Å². The van der Waals surface area contributed by atoms with Gasteiger partial charge in [-0.3, -0.25) is 4.90 Å². The number of nitrogens with zero attached hydrogens (tertiary/aromatic N) is 2. The maximum atomic E-state index is 5.74. The fourth-order valence-corrected chi connectivity index (χ4v) is 2.29. The summed E-state index contributed by atoms with van der Waals surface area (Å²) in [5.74, 6) is 0.785. The Balaban J connectivity index is 2.17. The molecule has 0 atom stereocenters. The highest BCUT2D eigenvalue weighted by Gasteiger charge is 2.14. The maximum absolute atomic E-state index is 5.74. The van der Waals surface area contributed by atoms with Crippen molar-refractivity contribution in [1.29, 1.82) is 0 Å². The molecule has 0 unspecified atom stereocenters. The van der Waals surface area contributed by atoms with Crippen LogP contribution in [0.15, 0.2) is 0 Å². The fraction of sp³-hybridized carbons (Fsp3) is 1.00. The van der Waals surface area contributed by atoms with Gasteiger partial charge in [0.25, 0.3) is 0 Å². The van der Waals surface area contributed by atoms with Gasteiger partial charge < -0.3 is 4.90 Å². The lowest BCUT2D eigenvalue weighted by Gasteiger charge is -2.28. The lowest BCUT2D eigenvalue weighted by atomic mass is 10.3. The topological polar surface area (TPSA) is 6.48 Å². The molecule has 0 radical (unpaired) electrons. The molecule has 1 rings (SSSR count). The van der Waals surface area contributed by atoms with Crippen LogP contribution in [-0.4, -0.2) is 54.4 Å². The zero-order chi connectivity index (χ0) is 11.1. The zero-order valence-corrected chi connectivity index (χ0v) is 11.0. The van der Waals surface area contributed by atoms with E-state index in [2.05, 4.69) is 23.6 Å². The molecule has 0 saturated carbocycles. The molecule has 1 heterocycles. The number of halogens is 1. The fourth-order valence-electron chi connectivity index (χ4n) is 2.17. The Morgan fingerprint density at radius 2 is 1.87 bits per heavy atom. The molecule has 0 N–H and O–H groups in total. The van der Waals surface area contributed by atoms with Crippen LogP contribution in [-0.2, 0) is 0 Å². The van der Waals surface area contributed by atoms with Gasteiger partial charge in [-0.05, 0) is 52.7 Å². The van der Waals surface area contributed by atoms with Crippen LogP contribution >= 0.6 is 11.6 Å². The Morgan fingerprint density at radius 1 is 1.20 bits per heavy atom. The zero-order valence-electron chi connectivity index (χ0n) is 10.2.